The minimum absolute atomic E-state index is 0.532. The smallest absolute Gasteiger partial charge is 0.133 e. The van der Waals surface area contributed by atoms with Crippen molar-refractivity contribution >= 4 is 17.5 Å². The van der Waals surface area contributed by atoms with Gasteiger partial charge in [0.15, 0.2) is 0 Å². The first-order valence-electron chi connectivity index (χ1n) is 7.35. The average molecular weight is 256 g/mol. The van der Waals surface area contributed by atoms with Crippen LogP contribution in [0.2, 0.25) is 0 Å². The molecule has 17 heavy (non-hydrogen) atoms. The third kappa shape index (κ3) is 6.49. The van der Waals surface area contributed by atoms with Crippen LogP contribution in [-0.2, 0) is 4.79 Å². The molecule has 1 nitrogen and oxygen atoms in total. The van der Waals surface area contributed by atoms with Gasteiger partial charge < -0.3 is 0 Å². The van der Waals surface area contributed by atoms with Crippen molar-refractivity contribution < 1.29 is 4.79 Å². The van der Waals surface area contributed by atoms with E-state index in [9.17, 15) is 4.79 Å². The Kier molecular flexibility index (Phi) is 8.00. The van der Waals surface area contributed by atoms with E-state index < -0.39 is 0 Å². The largest absolute Gasteiger partial charge is 0.300 e. The molecule has 0 spiro atoms. The molecular formula is C15H28OS. The van der Waals surface area contributed by atoms with Crippen molar-refractivity contribution in [2.45, 2.75) is 65.2 Å². The minimum atomic E-state index is 0.532. The maximum Gasteiger partial charge on any atom is 0.133 e. The van der Waals surface area contributed by atoms with Gasteiger partial charge in [-0.1, -0.05) is 39.5 Å². The molecule has 0 aromatic carbocycles. The fraction of sp³-hybridized carbons (Fsp3) is 0.933. The fourth-order valence-corrected chi connectivity index (χ4v) is 3.83. The van der Waals surface area contributed by atoms with Crippen LogP contribution in [0.1, 0.15) is 65.2 Å². The van der Waals surface area contributed by atoms with Crippen LogP contribution in [-0.4, -0.2) is 17.3 Å². The van der Waals surface area contributed by atoms with Crippen molar-refractivity contribution in [2.24, 2.45) is 11.8 Å². The Bertz CT molecular complexity index is 209. The topological polar surface area (TPSA) is 17.1 Å². The van der Waals surface area contributed by atoms with Crippen LogP contribution in [0.25, 0.3) is 0 Å². The molecule has 0 aromatic rings. The van der Waals surface area contributed by atoms with Gasteiger partial charge in [-0.25, -0.2) is 0 Å². The second-order valence-corrected chi connectivity index (χ2v) is 6.64. The zero-order valence-corrected chi connectivity index (χ0v) is 12.4. The summed E-state index contributed by atoms with van der Waals surface area (Å²) in [6.07, 6.45) is 9.20. The van der Waals surface area contributed by atoms with Crippen LogP contribution in [0.5, 0.6) is 0 Å². The molecule has 100 valence electrons. The lowest BCUT2D eigenvalue weighted by Crippen LogP contribution is -2.16. The summed E-state index contributed by atoms with van der Waals surface area (Å²) in [7, 11) is 0. The van der Waals surface area contributed by atoms with Crippen LogP contribution in [0.4, 0.5) is 0 Å². The third-order valence-corrected chi connectivity index (χ3v) is 4.97. The van der Waals surface area contributed by atoms with Crippen molar-refractivity contribution in [1.82, 2.24) is 0 Å². The first-order chi connectivity index (χ1) is 8.26. The van der Waals surface area contributed by atoms with Gasteiger partial charge in [-0.15, -0.1) is 0 Å². The Balaban J connectivity index is 2.21. The molecular weight excluding hydrogens is 228 g/mol. The Morgan fingerprint density at radius 2 is 2.00 bits per heavy atom. The van der Waals surface area contributed by atoms with E-state index >= 15 is 0 Å². The van der Waals surface area contributed by atoms with Crippen LogP contribution in [0.3, 0.4) is 0 Å². The molecule has 0 N–H and O–H groups in total. The highest BCUT2D eigenvalue weighted by molar-refractivity contribution is 7.99. The van der Waals surface area contributed by atoms with E-state index in [4.69, 9.17) is 0 Å². The zero-order chi connectivity index (χ0) is 12.5. The summed E-state index contributed by atoms with van der Waals surface area (Å²) in [6.45, 7) is 4.46. The van der Waals surface area contributed by atoms with Gasteiger partial charge in [0.2, 0.25) is 0 Å². The van der Waals surface area contributed by atoms with Crippen molar-refractivity contribution in [3.8, 4) is 0 Å². The van der Waals surface area contributed by atoms with Gasteiger partial charge in [0.1, 0.15) is 5.78 Å². The number of hydrogen-bond donors (Lipinski definition) is 0. The number of carbonyl (C=O) groups excluding carboxylic acids is 1. The van der Waals surface area contributed by atoms with Crippen LogP contribution < -0.4 is 0 Å². The molecule has 1 unspecified atom stereocenters. The lowest BCUT2D eigenvalue weighted by Gasteiger charge is -2.21. The van der Waals surface area contributed by atoms with Crippen molar-refractivity contribution in [1.29, 1.82) is 0 Å². The van der Waals surface area contributed by atoms with Gasteiger partial charge >= 0.3 is 0 Å². The third-order valence-electron chi connectivity index (χ3n) is 3.92. The molecule has 1 heterocycles. The van der Waals surface area contributed by atoms with Gasteiger partial charge in [0, 0.05) is 12.8 Å². The number of hydrogen-bond acceptors (Lipinski definition) is 2. The Morgan fingerprint density at radius 1 is 1.29 bits per heavy atom. The number of thioether (sulfide) groups is 1. The normalized spacial score (nSPS) is 19.2. The first-order valence-corrected chi connectivity index (χ1v) is 8.51. The van der Waals surface area contributed by atoms with E-state index in [1.807, 2.05) is 11.8 Å². The van der Waals surface area contributed by atoms with Gasteiger partial charge in [-0.3, -0.25) is 4.79 Å². The molecule has 1 aliphatic rings. The Morgan fingerprint density at radius 3 is 2.59 bits per heavy atom. The Labute approximate surface area is 111 Å². The number of carbonyl (C=O) groups is 1. The van der Waals surface area contributed by atoms with E-state index in [0.29, 0.717) is 17.6 Å². The summed E-state index contributed by atoms with van der Waals surface area (Å²) in [4.78, 5) is 12.0. The Hall–Kier alpha value is 0.0200. The highest BCUT2D eigenvalue weighted by atomic mass is 32.2. The molecule has 1 rings (SSSR count). The molecule has 1 saturated heterocycles. The average Bonchev–Trinajstić information content (AvgIpc) is 2.35. The highest BCUT2D eigenvalue weighted by Crippen LogP contribution is 2.27. The first kappa shape index (κ1) is 15.1. The van der Waals surface area contributed by atoms with Crippen molar-refractivity contribution in [2.75, 3.05) is 11.5 Å². The summed E-state index contributed by atoms with van der Waals surface area (Å²) >= 11 is 2.04. The van der Waals surface area contributed by atoms with E-state index in [2.05, 4.69) is 13.8 Å². The van der Waals surface area contributed by atoms with E-state index in [1.54, 1.807) is 0 Å². The molecule has 2 heteroatoms. The summed E-state index contributed by atoms with van der Waals surface area (Å²) < 4.78 is 0. The lowest BCUT2D eigenvalue weighted by atomic mass is 9.89. The fourth-order valence-electron chi connectivity index (χ4n) is 2.62. The number of ketones is 1. The summed E-state index contributed by atoms with van der Waals surface area (Å²) in [6, 6.07) is 0. The van der Waals surface area contributed by atoms with Crippen LogP contribution in [0, 0.1) is 11.8 Å². The molecule has 0 saturated carbocycles. The highest BCUT2D eigenvalue weighted by Gasteiger charge is 2.19. The molecule has 0 aliphatic carbocycles. The predicted molar refractivity (Wildman–Crippen MR) is 77.6 cm³/mol. The number of unbranched alkanes of at least 4 members (excludes halogenated alkanes) is 1. The second kappa shape index (κ2) is 9.02. The molecule has 1 aliphatic heterocycles. The van der Waals surface area contributed by atoms with E-state index in [-0.39, 0.29) is 0 Å². The lowest BCUT2D eigenvalue weighted by molar-refractivity contribution is -0.121. The van der Waals surface area contributed by atoms with E-state index in [0.717, 1.165) is 12.8 Å². The molecule has 0 bridgehead atoms. The van der Waals surface area contributed by atoms with Gasteiger partial charge in [0.05, 0.1) is 0 Å². The molecule has 0 amide bonds. The molecule has 0 aromatic heterocycles. The summed E-state index contributed by atoms with van der Waals surface area (Å²) in [5.74, 6) is 4.42. The predicted octanol–water partition coefficient (Wildman–Crippen LogP) is 4.70. The maximum absolute atomic E-state index is 12.0. The van der Waals surface area contributed by atoms with Gasteiger partial charge in [-0.05, 0) is 36.2 Å². The van der Waals surface area contributed by atoms with Gasteiger partial charge in [-0.2, -0.15) is 11.8 Å². The van der Waals surface area contributed by atoms with Crippen molar-refractivity contribution in [3.05, 3.63) is 0 Å². The number of rotatable bonds is 8. The molecule has 0 radical (unpaired) electrons. The molecule has 1 fully saturated rings. The maximum atomic E-state index is 12.0. The van der Waals surface area contributed by atoms with E-state index in [1.165, 1.54) is 50.0 Å². The minimum Gasteiger partial charge on any atom is -0.300 e. The van der Waals surface area contributed by atoms with Crippen molar-refractivity contribution in [3.63, 3.8) is 0 Å². The summed E-state index contributed by atoms with van der Waals surface area (Å²) in [5.41, 5.74) is 0. The standard InChI is InChI=1S/C15H28OS/c1-3-5-6-13(4-2)11-15(16)12-14-7-9-17-10-8-14/h13-14H,3-12H2,1-2H3. The second-order valence-electron chi connectivity index (χ2n) is 5.42. The number of Topliss-reactive ketones (excluding diaryl/α,β-unsaturated/α-hetero) is 1. The summed E-state index contributed by atoms with van der Waals surface area (Å²) in [5, 5.41) is 0. The zero-order valence-electron chi connectivity index (χ0n) is 11.5. The van der Waals surface area contributed by atoms with Crippen LogP contribution >= 0.6 is 11.8 Å². The van der Waals surface area contributed by atoms with Crippen LogP contribution in [0.15, 0.2) is 0 Å². The van der Waals surface area contributed by atoms with Gasteiger partial charge in [0.25, 0.3) is 0 Å². The molecule has 1 atom stereocenters. The SMILES string of the molecule is CCCCC(CC)CC(=O)CC1CCSCC1. The monoisotopic (exact) mass is 256 g/mol. The quantitative estimate of drug-likeness (QED) is 0.626.